The lowest BCUT2D eigenvalue weighted by Gasteiger charge is -2.26. The van der Waals surface area contributed by atoms with E-state index >= 15 is 0 Å². The van der Waals surface area contributed by atoms with Crippen LogP contribution in [-0.2, 0) is 16.0 Å². The minimum atomic E-state index is -4.64. The van der Waals surface area contributed by atoms with Crippen molar-refractivity contribution in [1.29, 1.82) is 0 Å². The molecule has 1 unspecified atom stereocenters. The second-order valence-corrected chi connectivity index (χ2v) is 4.30. The quantitative estimate of drug-likeness (QED) is 0.840. The fraction of sp³-hybridized carbons (Fsp3) is 0.462. The lowest BCUT2D eigenvalue weighted by atomic mass is 9.91. The van der Waals surface area contributed by atoms with Gasteiger partial charge in [-0.15, -0.1) is 0 Å². The van der Waals surface area contributed by atoms with Crippen LogP contribution in [0.3, 0.4) is 0 Å². The molecule has 3 nitrogen and oxygen atoms in total. The number of carbonyl (C=O) groups excluding carboxylic acids is 1. The van der Waals surface area contributed by atoms with Gasteiger partial charge in [-0.2, -0.15) is 13.2 Å². The van der Waals surface area contributed by atoms with Crippen LogP contribution in [0.2, 0.25) is 0 Å². The van der Waals surface area contributed by atoms with Crippen molar-refractivity contribution < 1.29 is 27.8 Å². The summed E-state index contributed by atoms with van der Waals surface area (Å²) in [6.07, 6.45) is -6.44. The van der Waals surface area contributed by atoms with Gasteiger partial charge in [-0.25, -0.2) is 4.79 Å². The first-order chi connectivity index (χ1) is 8.77. The number of aliphatic hydroxyl groups is 1. The molecule has 0 aromatic heterocycles. The van der Waals surface area contributed by atoms with Crippen LogP contribution >= 0.6 is 0 Å². The van der Waals surface area contributed by atoms with Crippen LogP contribution < -0.4 is 0 Å². The first-order valence-electron chi connectivity index (χ1n) is 5.68. The summed E-state index contributed by atoms with van der Waals surface area (Å²) < 4.78 is 41.5. The average molecular weight is 276 g/mol. The Morgan fingerprint density at radius 3 is 2.32 bits per heavy atom. The minimum absolute atomic E-state index is 0.155. The standard InChI is InChI=1S/C13H15F3O3/c1-19-11(17)12(18,9-13(14,15)16)8-7-10-5-3-2-4-6-10/h2-6,18H,7-9H2,1H3. The highest BCUT2D eigenvalue weighted by atomic mass is 19.4. The highest BCUT2D eigenvalue weighted by Crippen LogP contribution is 2.31. The maximum atomic E-state index is 12.4. The zero-order chi connectivity index (χ0) is 14.5. The van der Waals surface area contributed by atoms with E-state index in [0.29, 0.717) is 0 Å². The van der Waals surface area contributed by atoms with Crippen molar-refractivity contribution in [2.24, 2.45) is 0 Å². The predicted molar refractivity (Wildman–Crippen MR) is 62.4 cm³/mol. The zero-order valence-electron chi connectivity index (χ0n) is 10.4. The molecule has 1 aromatic carbocycles. The van der Waals surface area contributed by atoms with E-state index in [2.05, 4.69) is 4.74 Å². The van der Waals surface area contributed by atoms with Gasteiger partial charge in [0.15, 0.2) is 5.60 Å². The molecule has 0 radical (unpaired) electrons. The molecule has 0 bridgehead atoms. The second-order valence-electron chi connectivity index (χ2n) is 4.30. The van der Waals surface area contributed by atoms with Crippen molar-refractivity contribution in [3.05, 3.63) is 35.9 Å². The molecule has 1 rings (SSSR count). The number of rotatable bonds is 5. The van der Waals surface area contributed by atoms with E-state index in [1.807, 2.05) is 0 Å². The van der Waals surface area contributed by atoms with Crippen molar-refractivity contribution in [2.75, 3.05) is 7.11 Å². The smallest absolute Gasteiger partial charge is 0.392 e. The topological polar surface area (TPSA) is 46.5 Å². The number of methoxy groups -OCH3 is 1. The van der Waals surface area contributed by atoms with Crippen LogP contribution in [-0.4, -0.2) is 30.0 Å². The normalized spacial score (nSPS) is 14.8. The third-order valence-electron chi connectivity index (χ3n) is 2.73. The largest absolute Gasteiger partial charge is 0.467 e. The van der Waals surface area contributed by atoms with Crippen LogP contribution in [0.4, 0.5) is 13.2 Å². The summed E-state index contributed by atoms with van der Waals surface area (Å²) in [6, 6.07) is 8.66. The van der Waals surface area contributed by atoms with Gasteiger partial charge in [-0.3, -0.25) is 0 Å². The van der Waals surface area contributed by atoms with Crippen molar-refractivity contribution >= 4 is 5.97 Å². The minimum Gasteiger partial charge on any atom is -0.467 e. The van der Waals surface area contributed by atoms with Crippen LogP contribution in [0.5, 0.6) is 0 Å². The van der Waals surface area contributed by atoms with Gasteiger partial charge in [-0.05, 0) is 18.4 Å². The molecule has 0 fully saturated rings. The van der Waals surface area contributed by atoms with Gasteiger partial charge in [0.05, 0.1) is 13.5 Å². The molecule has 1 atom stereocenters. The Morgan fingerprint density at radius 2 is 1.84 bits per heavy atom. The average Bonchev–Trinajstić information content (AvgIpc) is 2.34. The predicted octanol–water partition coefficient (Wildman–Crippen LogP) is 2.48. The van der Waals surface area contributed by atoms with Crippen molar-refractivity contribution in [3.63, 3.8) is 0 Å². The van der Waals surface area contributed by atoms with E-state index in [1.165, 1.54) is 0 Å². The number of ether oxygens (including phenoxy) is 1. The molecule has 0 saturated carbocycles. The molecule has 1 aromatic rings. The maximum absolute atomic E-state index is 12.4. The molecular weight excluding hydrogens is 261 g/mol. The SMILES string of the molecule is COC(=O)C(O)(CCc1ccccc1)CC(F)(F)F. The van der Waals surface area contributed by atoms with Crippen LogP contribution in [0.25, 0.3) is 0 Å². The van der Waals surface area contributed by atoms with Crippen molar-refractivity contribution in [3.8, 4) is 0 Å². The number of alkyl halides is 3. The number of esters is 1. The maximum Gasteiger partial charge on any atom is 0.392 e. The number of halogens is 3. The van der Waals surface area contributed by atoms with E-state index < -0.39 is 24.2 Å². The van der Waals surface area contributed by atoms with Gasteiger partial charge < -0.3 is 9.84 Å². The van der Waals surface area contributed by atoms with Gasteiger partial charge >= 0.3 is 12.1 Å². The second kappa shape index (κ2) is 6.06. The van der Waals surface area contributed by atoms with Crippen LogP contribution in [0.1, 0.15) is 18.4 Å². The molecule has 0 saturated heterocycles. The fourth-order valence-corrected chi connectivity index (χ4v) is 1.78. The van der Waals surface area contributed by atoms with Gasteiger partial charge in [0, 0.05) is 0 Å². The molecule has 0 aliphatic carbocycles. The molecule has 0 aliphatic heterocycles. The molecule has 0 spiro atoms. The van der Waals surface area contributed by atoms with Crippen LogP contribution in [0, 0.1) is 0 Å². The number of aryl methyl sites for hydroxylation is 1. The zero-order valence-corrected chi connectivity index (χ0v) is 10.4. The highest BCUT2D eigenvalue weighted by Gasteiger charge is 2.47. The van der Waals surface area contributed by atoms with E-state index in [0.717, 1.165) is 12.7 Å². The Morgan fingerprint density at radius 1 is 1.26 bits per heavy atom. The summed E-state index contributed by atoms with van der Waals surface area (Å²) >= 11 is 0. The monoisotopic (exact) mass is 276 g/mol. The Bertz CT molecular complexity index is 417. The van der Waals surface area contributed by atoms with Gasteiger partial charge in [0.1, 0.15) is 0 Å². The molecule has 19 heavy (non-hydrogen) atoms. The highest BCUT2D eigenvalue weighted by molar-refractivity contribution is 5.79. The van der Waals surface area contributed by atoms with E-state index in [4.69, 9.17) is 0 Å². The fourth-order valence-electron chi connectivity index (χ4n) is 1.78. The number of hydrogen-bond donors (Lipinski definition) is 1. The molecule has 6 heteroatoms. The first-order valence-corrected chi connectivity index (χ1v) is 5.68. The van der Waals surface area contributed by atoms with Gasteiger partial charge in [0.2, 0.25) is 0 Å². The first kappa shape index (κ1) is 15.5. The summed E-state index contributed by atoms with van der Waals surface area (Å²) in [5.41, 5.74) is -1.80. The molecule has 0 amide bonds. The number of hydrogen-bond acceptors (Lipinski definition) is 3. The molecule has 0 aliphatic rings. The Kier molecular flexibility index (Phi) is 4.94. The third kappa shape index (κ3) is 4.90. The summed E-state index contributed by atoms with van der Waals surface area (Å²) in [5, 5.41) is 9.88. The molecular formula is C13H15F3O3. The van der Waals surface area contributed by atoms with Gasteiger partial charge in [-0.1, -0.05) is 30.3 Å². The summed E-state index contributed by atoms with van der Waals surface area (Å²) in [4.78, 5) is 11.4. The summed E-state index contributed by atoms with van der Waals surface area (Å²) in [7, 11) is 0.951. The molecule has 1 N–H and O–H groups in total. The van der Waals surface area contributed by atoms with E-state index in [-0.39, 0.29) is 12.8 Å². The van der Waals surface area contributed by atoms with Crippen molar-refractivity contribution in [1.82, 2.24) is 0 Å². The summed E-state index contributed by atoms with van der Waals surface area (Å²) in [6.45, 7) is 0. The van der Waals surface area contributed by atoms with E-state index in [1.54, 1.807) is 30.3 Å². The molecule has 106 valence electrons. The third-order valence-corrected chi connectivity index (χ3v) is 2.73. The lowest BCUT2D eigenvalue weighted by molar-refractivity contribution is -0.197. The Balaban J connectivity index is 2.78. The number of carbonyl (C=O) groups is 1. The van der Waals surface area contributed by atoms with Crippen LogP contribution in [0.15, 0.2) is 30.3 Å². The molecule has 0 heterocycles. The van der Waals surface area contributed by atoms with Gasteiger partial charge in [0.25, 0.3) is 0 Å². The van der Waals surface area contributed by atoms with Crippen molar-refractivity contribution in [2.45, 2.75) is 31.0 Å². The van der Waals surface area contributed by atoms with E-state index in [9.17, 15) is 23.1 Å². The Hall–Kier alpha value is -1.56. The summed E-state index contributed by atoms with van der Waals surface area (Å²) in [5.74, 6) is -1.26. The Labute approximate surface area is 109 Å². The lowest BCUT2D eigenvalue weighted by Crippen LogP contribution is -2.44. The number of benzene rings is 1.